The largest absolute Gasteiger partial charge is 0.411 e. The fourth-order valence-corrected chi connectivity index (χ4v) is 4.30. The molecule has 1 unspecified atom stereocenters. The van der Waals surface area contributed by atoms with Gasteiger partial charge in [0.15, 0.2) is 0 Å². The van der Waals surface area contributed by atoms with Gasteiger partial charge in [-0.1, -0.05) is 13.0 Å². The van der Waals surface area contributed by atoms with Crippen molar-refractivity contribution in [1.29, 1.82) is 0 Å². The van der Waals surface area contributed by atoms with Crippen molar-refractivity contribution in [2.24, 2.45) is 5.73 Å². The van der Waals surface area contributed by atoms with E-state index in [0.717, 1.165) is 17.3 Å². The molecular weight excluding hydrogens is 506 g/mol. The molecule has 0 fully saturated rings. The summed E-state index contributed by atoms with van der Waals surface area (Å²) in [6.07, 6.45) is -8.02. The van der Waals surface area contributed by atoms with Crippen LogP contribution < -0.4 is 11.1 Å². The predicted octanol–water partition coefficient (Wildman–Crippen LogP) is 4.18. The van der Waals surface area contributed by atoms with E-state index in [2.05, 4.69) is 10.3 Å². The Labute approximate surface area is 209 Å². The maximum Gasteiger partial charge on any atom is 0.411 e. The average molecular weight is 532 g/mol. The van der Waals surface area contributed by atoms with Gasteiger partial charge >= 0.3 is 12.4 Å². The van der Waals surface area contributed by atoms with Crippen LogP contribution >= 0.6 is 0 Å². The lowest BCUT2D eigenvalue weighted by atomic mass is 9.88. The Hall–Kier alpha value is -3.19. The first-order valence-electron chi connectivity index (χ1n) is 11.3. The van der Waals surface area contributed by atoms with E-state index >= 15 is 0 Å². The molecule has 1 aliphatic heterocycles. The van der Waals surface area contributed by atoms with Crippen molar-refractivity contribution in [3.63, 3.8) is 0 Å². The van der Waals surface area contributed by atoms with Crippen LogP contribution in [0.25, 0.3) is 0 Å². The van der Waals surface area contributed by atoms with Crippen molar-refractivity contribution in [3.8, 4) is 0 Å². The minimum Gasteiger partial charge on any atom is -0.370 e. The first-order valence-corrected chi connectivity index (χ1v) is 11.3. The molecule has 202 valence electrons. The molecule has 0 spiro atoms. The second-order valence-electron chi connectivity index (χ2n) is 9.03. The highest BCUT2D eigenvalue weighted by Crippen LogP contribution is 2.31. The lowest BCUT2D eigenvalue weighted by Gasteiger charge is -2.38. The van der Waals surface area contributed by atoms with E-state index < -0.39 is 43.2 Å². The standard InChI is InChI=1S/C24H26F6N4O3/c1-14-10-34(19(6-21(31)35)12-37-13-24(28,29)30)11-17-5-16(2-3-20(14)17)22(36)33-18-4-15(8-32-9-18)7-23(25,26)27/h2-5,8-9,14,19H,6-7,10-13H2,1H3,(H2,31,35)(H,33,36)/t14-,19?/m0/s1. The monoisotopic (exact) mass is 532 g/mol. The first-order chi connectivity index (χ1) is 17.2. The van der Waals surface area contributed by atoms with E-state index in [1.165, 1.54) is 12.3 Å². The van der Waals surface area contributed by atoms with Gasteiger partial charge in [-0.2, -0.15) is 26.3 Å². The van der Waals surface area contributed by atoms with E-state index in [1.807, 2.05) is 6.92 Å². The van der Waals surface area contributed by atoms with Gasteiger partial charge in [0.25, 0.3) is 5.91 Å². The van der Waals surface area contributed by atoms with E-state index in [0.29, 0.717) is 6.54 Å². The second-order valence-corrected chi connectivity index (χ2v) is 9.03. The van der Waals surface area contributed by atoms with Crippen LogP contribution in [0.3, 0.4) is 0 Å². The van der Waals surface area contributed by atoms with Gasteiger partial charge in [0.2, 0.25) is 5.91 Å². The molecule has 13 heteroatoms. The summed E-state index contributed by atoms with van der Waals surface area (Å²) in [6, 6.07) is 5.44. The molecule has 0 saturated heterocycles. The summed E-state index contributed by atoms with van der Waals surface area (Å²) < 4.78 is 80.4. The van der Waals surface area contributed by atoms with Gasteiger partial charge in [-0.15, -0.1) is 0 Å². The minimum atomic E-state index is -4.51. The number of fused-ring (bicyclic) bond motifs is 1. The predicted molar refractivity (Wildman–Crippen MR) is 122 cm³/mol. The summed E-state index contributed by atoms with van der Waals surface area (Å²) >= 11 is 0. The first kappa shape index (κ1) is 28.4. The summed E-state index contributed by atoms with van der Waals surface area (Å²) in [6.45, 7) is 0.762. The van der Waals surface area contributed by atoms with Crippen LogP contribution in [-0.2, 0) is 22.5 Å². The molecule has 0 radical (unpaired) electrons. The number of halogens is 6. The quantitative estimate of drug-likeness (QED) is 0.473. The van der Waals surface area contributed by atoms with Gasteiger partial charge in [0.1, 0.15) is 6.61 Å². The van der Waals surface area contributed by atoms with Crippen molar-refractivity contribution in [2.75, 3.05) is 25.1 Å². The number of hydrogen-bond donors (Lipinski definition) is 2. The van der Waals surface area contributed by atoms with Crippen LogP contribution in [-0.4, -0.2) is 59.9 Å². The number of primary amides is 1. The number of hydrogen-bond acceptors (Lipinski definition) is 5. The van der Waals surface area contributed by atoms with Gasteiger partial charge in [0.05, 0.1) is 24.9 Å². The van der Waals surface area contributed by atoms with Crippen LogP contribution in [0.1, 0.15) is 46.3 Å². The van der Waals surface area contributed by atoms with E-state index in [-0.39, 0.29) is 42.3 Å². The number of nitrogens with two attached hydrogens (primary N) is 1. The Morgan fingerprint density at radius 2 is 1.89 bits per heavy atom. The Balaban J connectivity index is 1.75. The smallest absolute Gasteiger partial charge is 0.370 e. The number of ether oxygens (including phenoxy) is 1. The number of alkyl halides is 6. The zero-order valence-corrected chi connectivity index (χ0v) is 19.8. The van der Waals surface area contributed by atoms with Crippen LogP contribution in [0.15, 0.2) is 36.7 Å². The minimum absolute atomic E-state index is 0.0675. The number of carbonyl (C=O) groups is 2. The van der Waals surface area contributed by atoms with E-state index in [1.54, 1.807) is 23.1 Å². The highest BCUT2D eigenvalue weighted by Gasteiger charge is 2.32. The highest BCUT2D eigenvalue weighted by molar-refractivity contribution is 6.04. The Morgan fingerprint density at radius 3 is 2.54 bits per heavy atom. The molecule has 1 aromatic heterocycles. The van der Waals surface area contributed by atoms with Crippen molar-refractivity contribution in [1.82, 2.24) is 9.88 Å². The maximum atomic E-state index is 12.8. The third-order valence-corrected chi connectivity index (χ3v) is 5.80. The Kier molecular flexibility index (Phi) is 8.80. The number of nitrogens with one attached hydrogen (secondary N) is 1. The highest BCUT2D eigenvalue weighted by atomic mass is 19.4. The van der Waals surface area contributed by atoms with E-state index in [9.17, 15) is 35.9 Å². The number of aromatic nitrogens is 1. The zero-order valence-electron chi connectivity index (χ0n) is 19.8. The van der Waals surface area contributed by atoms with E-state index in [4.69, 9.17) is 10.5 Å². The van der Waals surface area contributed by atoms with Crippen LogP contribution in [0.5, 0.6) is 0 Å². The average Bonchev–Trinajstić information content (AvgIpc) is 2.76. The molecule has 0 bridgehead atoms. The number of anilines is 1. The number of nitrogens with zero attached hydrogens (tertiary/aromatic N) is 2. The molecule has 1 aliphatic rings. The fraction of sp³-hybridized carbons (Fsp3) is 0.458. The summed E-state index contributed by atoms with van der Waals surface area (Å²) in [4.78, 5) is 29.9. The molecule has 0 saturated carbocycles. The van der Waals surface area contributed by atoms with Crippen molar-refractivity contribution in [3.05, 3.63) is 58.9 Å². The summed E-state index contributed by atoms with van der Waals surface area (Å²) in [5, 5.41) is 2.53. The zero-order chi connectivity index (χ0) is 27.4. The number of carbonyl (C=O) groups excluding carboxylic acids is 2. The van der Waals surface area contributed by atoms with Gasteiger partial charge in [0, 0.05) is 37.3 Å². The number of amides is 2. The maximum absolute atomic E-state index is 12.8. The van der Waals surface area contributed by atoms with Crippen molar-refractivity contribution in [2.45, 2.75) is 50.6 Å². The number of rotatable bonds is 9. The topological polar surface area (TPSA) is 97.5 Å². The molecule has 2 heterocycles. The lowest BCUT2D eigenvalue weighted by Crippen LogP contribution is -2.45. The molecule has 2 amide bonds. The molecule has 1 aromatic carbocycles. The van der Waals surface area contributed by atoms with Gasteiger partial charge in [-0.3, -0.25) is 19.5 Å². The van der Waals surface area contributed by atoms with Crippen LogP contribution in [0.2, 0.25) is 0 Å². The summed E-state index contributed by atoms with van der Waals surface area (Å²) in [5.41, 5.74) is 7.18. The number of benzene rings is 1. The summed E-state index contributed by atoms with van der Waals surface area (Å²) in [5.74, 6) is -1.32. The molecule has 37 heavy (non-hydrogen) atoms. The molecule has 3 rings (SSSR count). The molecule has 0 aliphatic carbocycles. The fourth-order valence-electron chi connectivity index (χ4n) is 4.30. The van der Waals surface area contributed by atoms with Gasteiger partial charge < -0.3 is 15.8 Å². The van der Waals surface area contributed by atoms with Crippen LogP contribution in [0, 0.1) is 0 Å². The molecule has 3 N–H and O–H groups in total. The normalized spacial score (nSPS) is 17.2. The third-order valence-electron chi connectivity index (χ3n) is 5.80. The molecule has 7 nitrogen and oxygen atoms in total. The lowest BCUT2D eigenvalue weighted by molar-refractivity contribution is -0.177. The summed E-state index contributed by atoms with van der Waals surface area (Å²) in [7, 11) is 0. The third kappa shape index (κ3) is 8.71. The van der Waals surface area contributed by atoms with Crippen molar-refractivity contribution < 1.29 is 40.7 Å². The molecule has 2 atom stereocenters. The number of pyridine rings is 1. The van der Waals surface area contributed by atoms with Crippen LogP contribution in [0.4, 0.5) is 32.0 Å². The molecule has 2 aromatic rings. The molecular formula is C24H26F6N4O3. The Bertz CT molecular complexity index is 1120. The second kappa shape index (κ2) is 11.5. The van der Waals surface area contributed by atoms with Crippen molar-refractivity contribution >= 4 is 17.5 Å². The van der Waals surface area contributed by atoms with Gasteiger partial charge in [-0.05, 0) is 40.8 Å². The SMILES string of the molecule is C[C@H]1CN(C(COCC(F)(F)F)CC(N)=O)Cc2cc(C(=O)Nc3cncc(CC(F)(F)F)c3)ccc21. The van der Waals surface area contributed by atoms with Gasteiger partial charge in [-0.25, -0.2) is 0 Å². The Morgan fingerprint density at radius 1 is 1.16 bits per heavy atom.